The largest absolute Gasteiger partial charge is 0.463 e. The minimum atomic E-state index is -1.08. The highest BCUT2D eigenvalue weighted by molar-refractivity contribution is 5.71. The molecule has 8 nitrogen and oxygen atoms in total. The van der Waals surface area contributed by atoms with Crippen LogP contribution >= 0.6 is 0 Å². The van der Waals surface area contributed by atoms with Gasteiger partial charge in [-0.1, -0.05) is 109 Å². The number of esters is 2. The van der Waals surface area contributed by atoms with Gasteiger partial charge in [-0.3, -0.25) is 9.59 Å². The number of hydrogen-bond donors (Lipinski definition) is 4. The Hall–Kier alpha value is -1.74. The second-order valence-corrected chi connectivity index (χ2v) is 12.4. The van der Waals surface area contributed by atoms with E-state index < -0.39 is 30.4 Å². The molecule has 1 rings (SSSR count). The van der Waals surface area contributed by atoms with Gasteiger partial charge in [-0.25, -0.2) is 0 Å². The molecule has 1 aliphatic carbocycles. The third kappa shape index (κ3) is 18.7. The number of ether oxygens (including phenoxy) is 2. The van der Waals surface area contributed by atoms with Gasteiger partial charge in [-0.15, -0.1) is 0 Å². The third-order valence-electron chi connectivity index (χ3n) is 7.97. The van der Waals surface area contributed by atoms with Crippen LogP contribution in [0.15, 0.2) is 24.3 Å². The number of rotatable bonds is 24. The number of allylic oxidation sites excluding steroid dienone is 1. The normalized spacial score (nSPS) is 22.3. The van der Waals surface area contributed by atoms with Crippen molar-refractivity contribution in [1.82, 2.24) is 0 Å². The zero-order chi connectivity index (χ0) is 31.2. The number of hydrogen-bond acceptors (Lipinski definition) is 8. The summed E-state index contributed by atoms with van der Waals surface area (Å²) in [6.45, 7) is 6.16. The van der Waals surface area contributed by atoms with Gasteiger partial charge >= 0.3 is 11.9 Å². The standard InChI is InChI=1S/C34H60O8/c1-4-5-11-17-27(35)21-22-30-29(31(37)23-32(30)38)18-14-15-20-34(40)42-25-28(36)24-41-33(39)19-13-10-8-6-7-9-12-16-26(2)3/h14-15,21-22,26-32,35-38H,4-13,16-20,23-25H2,1-3H3/b15-14-,22-21+/t27-,28+,29+,30-,31+,32-/m1/s1. The Morgan fingerprint density at radius 1 is 0.810 bits per heavy atom. The van der Waals surface area contributed by atoms with Crippen molar-refractivity contribution in [2.24, 2.45) is 17.8 Å². The van der Waals surface area contributed by atoms with Crippen molar-refractivity contribution < 1.29 is 39.5 Å². The number of carbonyl (C=O) groups excluding carboxylic acids is 2. The zero-order valence-corrected chi connectivity index (χ0v) is 26.5. The fourth-order valence-electron chi connectivity index (χ4n) is 5.36. The molecule has 0 aromatic heterocycles. The van der Waals surface area contributed by atoms with Crippen LogP contribution in [0.25, 0.3) is 0 Å². The van der Waals surface area contributed by atoms with E-state index in [1.54, 1.807) is 18.2 Å². The lowest BCUT2D eigenvalue weighted by molar-refractivity contribution is -0.151. The molecule has 0 amide bonds. The Morgan fingerprint density at radius 2 is 1.43 bits per heavy atom. The van der Waals surface area contributed by atoms with Gasteiger partial charge in [0.15, 0.2) is 0 Å². The first-order valence-electron chi connectivity index (χ1n) is 16.5. The second-order valence-electron chi connectivity index (χ2n) is 12.4. The van der Waals surface area contributed by atoms with E-state index in [0.717, 1.165) is 44.4 Å². The molecule has 0 bridgehead atoms. The maximum absolute atomic E-state index is 12.0. The maximum Gasteiger partial charge on any atom is 0.309 e. The molecular weight excluding hydrogens is 536 g/mol. The summed E-state index contributed by atoms with van der Waals surface area (Å²) in [7, 11) is 0. The fraction of sp³-hybridized carbons (Fsp3) is 0.824. The van der Waals surface area contributed by atoms with Crippen LogP contribution in [0.4, 0.5) is 0 Å². The molecule has 8 heteroatoms. The number of unbranched alkanes of at least 4 members (excludes halogenated alkanes) is 8. The van der Waals surface area contributed by atoms with E-state index in [1.807, 2.05) is 6.08 Å². The second kappa shape index (κ2) is 23.7. The van der Waals surface area contributed by atoms with Gasteiger partial charge < -0.3 is 29.9 Å². The topological polar surface area (TPSA) is 134 Å². The third-order valence-corrected chi connectivity index (χ3v) is 7.97. The van der Waals surface area contributed by atoms with E-state index >= 15 is 0 Å². The predicted octanol–water partition coefficient (Wildman–Crippen LogP) is 5.79. The number of aliphatic hydroxyl groups excluding tert-OH is 4. The van der Waals surface area contributed by atoms with E-state index in [4.69, 9.17) is 9.47 Å². The molecule has 4 N–H and O–H groups in total. The minimum Gasteiger partial charge on any atom is -0.463 e. The van der Waals surface area contributed by atoms with E-state index in [1.165, 1.54) is 32.1 Å². The first-order chi connectivity index (χ1) is 20.1. The van der Waals surface area contributed by atoms with Crippen molar-refractivity contribution in [2.45, 2.75) is 148 Å². The lowest BCUT2D eigenvalue weighted by atomic mass is 9.89. The molecular formula is C34H60O8. The summed E-state index contributed by atoms with van der Waals surface area (Å²) in [5.41, 5.74) is 0. The van der Waals surface area contributed by atoms with Crippen LogP contribution in [0.3, 0.4) is 0 Å². The van der Waals surface area contributed by atoms with Gasteiger partial charge in [-0.05, 0) is 31.1 Å². The van der Waals surface area contributed by atoms with Crippen molar-refractivity contribution in [2.75, 3.05) is 13.2 Å². The Balaban J connectivity index is 2.18. The highest BCUT2D eigenvalue weighted by Gasteiger charge is 2.39. The smallest absolute Gasteiger partial charge is 0.309 e. The highest BCUT2D eigenvalue weighted by Crippen LogP contribution is 2.36. The molecule has 42 heavy (non-hydrogen) atoms. The molecule has 0 aromatic rings. The molecule has 0 radical (unpaired) electrons. The van der Waals surface area contributed by atoms with Crippen molar-refractivity contribution in [3.05, 3.63) is 24.3 Å². The summed E-state index contributed by atoms with van der Waals surface area (Å²) in [5.74, 6) is -0.562. The van der Waals surface area contributed by atoms with Gasteiger partial charge in [0, 0.05) is 18.8 Å². The van der Waals surface area contributed by atoms with Crippen LogP contribution < -0.4 is 0 Å². The van der Waals surface area contributed by atoms with Gasteiger partial charge in [-0.2, -0.15) is 0 Å². The Morgan fingerprint density at radius 3 is 2.10 bits per heavy atom. The summed E-state index contributed by atoms with van der Waals surface area (Å²) < 4.78 is 10.2. The highest BCUT2D eigenvalue weighted by atomic mass is 16.6. The van der Waals surface area contributed by atoms with Crippen LogP contribution in [0, 0.1) is 17.8 Å². The fourth-order valence-corrected chi connectivity index (χ4v) is 5.36. The predicted molar refractivity (Wildman–Crippen MR) is 166 cm³/mol. The molecule has 0 saturated heterocycles. The molecule has 0 aliphatic heterocycles. The quantitative estimate of drug-likeness (QED) is 0.0625. The monoisotopic (exact) mass is 596 g/mol. The Bertz CT molecular complexity index is 765. The van der Waals surface area contributed by atoms with E-state index in [-0.39, 0.29) is 43.9 Å². The molecule has 0 spiro atoms. The lowest BCUT2D eigenvalue weighted by Gasteiger charge is -2.19. The lowest BCUT2D eigenvalue weighted by Crippen LogP contribution is -2.25. The number of aliphatic hydroxyl groups is 4. The molecule has 1 aliphatic rings. The van der Waals surface area contributed by atoms with Gasteiger partial charge in [0.05, 0.1) is 24.7 Å². The van der Waals surface area contributed by atoms with Crippen LogP contribution in [-0.2, 0) is 19.1 Å². The summed E-state index contributed by atoms with van der Waals surface area (Å²) in [5, 5.41) is 40.9. The first-order valence-corrected chi connectivity index (χ1v) is 16.5. The summed E-state index contributed by atoms with van der Waals surface area (Å²) in [6, 6.07) is 0. The van der Waals surface area contributed by atoms with Gasteiger partial charge in [0.2, 0.25) is 0 Å². The van der Waals surface area contributed by atoms with Gasteiger partial charge in [0.1, 0.15) is 19.3 Å². The van der Waals surface area contributed by atoms with Crippen molar-refractivity contribution in [3.63, 3.8) is 0 Å². The van der Waals surface area contributed by atoms with Crippen LogP contribution in [0.1, 0.15) is 124 Å². The molecule has 0 aromatic carbocycles. The molecule has 1 fully saturated rings. The van der Waals surface area contributed by atoms with Crippen LogP contribution in [0.5, 0.6) is 0 Å². The van der Waals surface area contributed by atoms with E-state index in [9.17, 15) is 30.0 Å². The van der Waals surface area contributed by atoms with Crippen LogP contribution in [0.2, 0.25) is 0 Å². The first kappa shape index (κ1) is 38.3. The van der Waals surface area contributed by atoms with Crippen molar-refractivity contribution in [1.29, 1.82) is 0 Å². The molecule has 244 valence electrons. The maximum atomic E-state index is 12.0. The van der Waals surface area contributed by atoms with Crippen molar-refractivity contribution >= 4 is 11.9 Å². The zero-order valence-electron chi connectivity index (χ0n) is 26.5. The number of carbonyl (C=O) groups is 2. The molecule has 0 heterocycles. The molecule has 6 atom stereocenters. The van der Waals surface area contributed by atoms with Crippen LogP contribution in [-0.4, -0.2) is 70.0 Å². The average Bonchev–Trinajstić information content (AvgIpc) is 3.22. The average molecular weight is 597 g/mol. The van der Waals surface area contributed by atoms with E-state index in [0.29, 0.717) is 19.3 Å². The minimum absolute atomic E-state index is 0.00620. The SMILES string of the molecule is CCCCC[C@@H](O)/C=C/[C@@H]1[C@H](C/C=C\CC(=O)OC[C@@H](O)COC(=O)CCCCCCCCCC(C)C)[C@@H](O)C[C@H]1O. The van der Waals surface area contributed by atoms with Gasteiger partial charge in [0.25, 0.3) is 0 Å². The summed E-state index contributed by atoms with van der Waals surface area (Å²) >= 11 is 0. The summed E-state index contributed by atoms with van der Waals surface area (Å²) in [6.07, 6.45) is 18.0. The molecule has 1 saturated carbocycles. The Labute approximate surface area is 254 Å². The van der Waals surface area contributed by atoms with Crippen molar-refractivity contribution in [3.8, 4) is 0 Å². The van der Waals surface area contributed by atoms with E-state index in [2.05, 4.69) is 20.8 Å². The Kier molecular flexibility index (Phi) is 21.6. The molecule has 0 unspecified atom stereocenters. The summed E-state index contributed by atoms with van der Waals surface area (Å²) in [4.78, 5) is 23.9.